The standard InChI is InChI=1S/C13H18N2O2/c1-16-11-2-3-13(14-8-11)17-12-9-15-6-4-10(12)5-7-15/h2-3,8,10,12H,4-7,9H2,1H3/t12-/m0/s1. The van der Waals surface area contributed by atoms with Crippen LogP contribution in [0.25, 0.3) is 0 Å². The largest absolute Gasteiger partial charge is 0.495 e. The van der Waals surface area contributed by atoms with Crippen LogP contribution in [0.3, 0.4) is 0 Å². The van der Waals surface area contributed by atoms with Crippen LogP contribution < -0.4 is 9.47 Å². The van der Waals surface area contributed by atoms with Gasteiger partial charge in [0.25, 0.3) is 0 Å². The first-order chi connectivity index (χ1) is 8.35. The molecule has 0 radical (unpaired) electrons. The molecule has 4 nitrogen and oxygen atoms in total. The number of nitrogens with zero attached hydrogens (tertiary/aromatic N) is 2. The number of ether oxygens (including phenoxy) is 2. The summed E-state index contributed by atoms with van der Waals surface area (Å²) in [5, 5.41) is 0. The maximum Gasteiger partial charge on any atom is 0.213 e. The number of hydrogen-bond donors (Lipinski definition) is 0. The maximum atomic E-state index is 5.98. The van der Waals surface area contributed by atoms with Gasteiger partial charge < -0.3 is 9.47 Å². The molecule has 0 aliphatic carbocycles. The molecule has 2 bridgehead atoms. The summed E-state index contributed by atoms with van der Waals surface area (Å²) >= 11 is 0. The Morgan fingerprint density at radius 2 is 2.12 bits per heavy atom. The second kappa shape index (κ2) is 4.53. The lowest BCUT2D eigenvalue weighted by molar-refractivity contribution is -0.00996. The van der Waals surface area contributed by atoms with E-state index in [1.165, 1.54) is 25.9 Å². The van der Waals surface area contributed by atoms with Gasteiger partial charge in [-0.05, 0) is 37.9 Å². The Hall–Kier alpha value is -1.29. The van der Waals surface area contributed by atoms with Crippen molar-refractivity contribution in [1.29, 1.82) is 0 Å². The van der Waals surface area contributed by atoms with Crippen LogP contribution in [0.1, 0.15) is 12.8 Å². The molecule has 0 amide bonds. The molecule has 92 valence electrons. The van der Waals surface area contributed by atoms with E-state index < -0.39 is 0 Å². The van der Waals surface area contributed by atoms with E-state index in [0.717, 1.165) is 12.3 Å². The lowest BCUT2D eigenvalue weighted by Crippen LogP contribution is -2.52. The molecule has 0 N–H and O–H groups in total. The van der Waals surface area contributed by atoms with E-state index >= 15 is 0 Å². The zero-order valence-corrected chi connectivity index (χ0v) is 10.1. The molecule has 3 aliphatic heterocycles. The molecule has 0 unspecified atom stereocenters. The molecular formula is C13H18N2O2. The van der Waals surface area contributed by atoms with Crippen LogP contribution in [-0.2, 0) is 0 Å². The van der Waals surface area contributed by atoms with Gasteiger partial charge in [0.1, 0.15) is 11.9 Å². The average molecular weight is 234 g/mol. The predicted octanol–water partition coefficient (Wildman–Crippen LogP) is 1.56. The normalized spacial score (nSPS) is 31.2. The van der Waals surface area contributed by atoms with Gasteiger partial charge in [-0.15, -0.1) is 0 Å². The van der Waals surface area contributed by atoms with Crippen LogP contribution in [0.15, 0.2) is 18.3 Å². The fraction of sp³-hybridized carbons (Fsp3) is 0.615. The molecule has 17 heavy (non-hydrogen) atoms. The summed E-state index contributed by atoms with van der Waals surface area (Å²) in [6.07, 6.45) is 4.55. The fourth-order valence-corrected chi connectivity index (χ4v) is 2.76. The summed E-state index contributed by atoms with van der Waals surface area (Å²) in [7, 11) is 1.64. The monoisotopic (exact) mass is 234 g/mol. The van der Waals surface area contributed by atoms with E-state index in [-0.39, 0.29) is 0 Å². The lowest BCUT2D eigenvalue weighted by Gasteiger charge is -2.44. The molecule has 4 heteroatoms. The van der Waals surface area contributed by atoms with Gasteiger partial charge in [-0.25, -0.2) is 4.98 Å². The fourth-order valence-electron chi connectivity index (χ4n) is 2.76. The van der Waals surface area contributed by atoms with Gasteiger partial charge in [0.15, 0.2) is 0 Å². The Morgan fingerprint density at radius 1 is 1.29 bits per heavy atom. The third-order valence-electron chi connectivity index (χ3n) is 3.81. The van der Waals surface area contributed by atoms with E-state index in [2.05, 4.69) is 9.88 Å². The van der Waals surface area contributed by atoms with Crippen molar-refractivity contribution in [3.05, 3.63) is 18.3 Å². The summed E-state index contributed by atoms with van der Waals surface area (Å²) in [4.78, 5) is 6.74. The zero-order valence-electron chi connectivity index (χ0n) is 10.1. The van der Waals surface area contributed by atoms with E-state index in [0.29, 0.717) is 17.9 Å². The Kier molecular flexibility index (Phi) is 2.89. The first-order valence-electron chi connectivity index (χ1n) is 6.24. The summed E-state index contributed by atoms with van der Waals surface area (Å²) in [5.74, 6) is 2.19. The number of fused-ring (bicyclic) bond motifs is 3. The predicted molar refractivity (Wildman–Crippen MR) is 64.4 cm³/mol. The number of piperidine rings is 3. The van der Waals surface area contributed by atoms with Crippen molar-refractivity contribution in [3.63, 3.8) is 0 Å². The van der Waals surface area contributed by atoms with Gasteiger partial charge in [-0.2, -0.15) is 0 Å². The van der Waals surface area contributed by atoms with Crippen molar-refractivity contribution in [2.24, 2.45) is 5.92 Å². The molecule has 3 saturated heterocycles. The topological polar surface area (TPSA) is 34.6 Å². The highest BCUT2D eigenvalue weighted by atomic mass is 16.5. The Bertz CT molecular complexity index is 372. The van der Waals surface area contributed by atoms with Gasteiger partial charge in [-0.3, -0.25) is 4.90 Å². The zero-order chi connectivity index (χ0) is 11.7. The summed E-state index contributed by atoms with van der Waals surface area (Å²) in [6, 6.07) is 3.78. The average Bonchev–Trinajstić information content (AvgIpc) is 2.41. The molecule has 0 aromatic carbocycles. The van der Waals surface area contributed by atoms with Crippen molar-refractivity contribution < 1.29 is 9.47 Å². The molecule has 3 aliphatic rings. The lowest BCUT2D eigenvalue weighted by atomic mass is 9.86. The van der Waals surface area contributed by atoms with Gasteiger partial charge in [-0.1, -0.05) is 0 Å². The number of rotatable bonds is 3. The van der Waals surface area contributed by atoms with Gasteiger partial charge in [0.2, 0.25) is 5.88 Å². The van der Waals surface area contributed by atoms with Crippen LogP contribution in [-0.4, -0.2) is 42.7 Å². The quantitative estimate of drug-likeness (QED) is 0.795. The highest BCUT2D eigenvalue weighted by Crippen LogP contribution is 2.30. The first-order valence-corrected chi connectivity index (χ1v) is 6.24. The van der Waals surface area contributed by atoms with E-state index in [4.69, 9.17) is 9.47 Å². The van der Waals surface area contributed by atoms with Crippen LogP contribution in [0, 0.1) is 5.92 Å². The first kappa shape index (κ1) is 10.8. The van der Waals surface area contributed by atoms with Gasteiger partial charge in [0, 0.05) is 12.6 Å². The summed E-state index contributed by atoms with van der Waals surface area (Å²) in [6.45, 7) is 3.53. The molecule has 4 heterocycles. The highest BCUT2D eigenvalue weighted by molar-refractivity contribution is 5.22. The smallest absolute Gasteiger partial charge is 0.213 e. The number of aromatic nitrogens is 1. The second-order valence-electron chi connectivity index (χ2n) is 4.83. The SMILES string of the molecule is COc1ccc(O[C@H]2CN3CCC2CC3)nc1. The second-order valence-corrected chi connectivity index (χ2v) is 4.83. The number of methoxy groups -OCH3 is 1. The Labute approximate surface area is 102 Å². The molecule has 0 spiro atoms. The Balaban J connectivity index is 1.66. The summed E-state index contributed by atoms with van der Waals surface area (Å²) in [5.41, 5.74) is 0. The molecule has 3 fully saturated rings. The molecule has 1 atom stereocenters. The highest BCUT2D eigenvalue weighted by Gasteiger charge is 2.35. The van der Waals surface area contributed by atoms with Crippen LogP contribution in [0.4, 0.5) is 0 Å². The van der Waals surface area contributed by atoms with Crippen molar-refractivity contribution in [3.8, 4) is 11.6 Å². The maximum absolute atomic E-state index is 5.98. The molecule has 0 saturated carbocycles. The van der Waals surface area contributed by atoms with Crippen LogP contribution in [0.5, 0.6) is 11.6 Å². The molecule has 4 rings (SSSR count). The van der Waals surface area contributed by atoms with Crippen molar-refractivity contribution >= 4 is 0 Å². The third kappa shape index (κ3) is 2.22. The van der Waals surface area contributed by atoms with Crippen molar-refractivity contribution in [1.82, 2.24) is 9.88 Å². The minimum Gasteiger partial charge on any atom is -0.495 e. The van der Waals surface area contributed by atoms with Crippen molar-refractivity contribution in [2.45, 2.75) is 18.9 Å². The third-order valence-corrected chi connectivity index (χ3v) is 3.81. The van der Waals surface area contributed by atoms with Gasteiger partial charge >= 0.3 is 0 Å². The molecule has 1 aromatic rings. The van der Waals surface area contributed by atoms with E-state index in [1.807, 2.05) is 12.1 Å². The van der Waals surface area contributed by atoms with Crippen LogP contribution >= 0.6 is 0 Å². The number of hydrogen-bond acceptors (Lipinski definition) is 4. The molecule has 1 aromatic heterocycles. The van der Waals surface area contributed by atoms with Crippen molar-refractivity contribution in [2.75, 3.05) is 26.7 Å². The minimum absolute atomic E-state index is 0.318. The Morgan fingerprint density at radius 3 is 2.65 bits per heavy atom. The van der Waals surface area contributed by atoms with E-state index in [9.17, 15) is 0 Å². The number of pyridine rings is 1. The van der Waals surface area contributed by atoms with Gasteiger partial charge in [0.05, 0.1) is 13.3 Å². The van der Waals surface area contributed by atoms with Crippen LogP contribution in [0.2, 0.25) is 0 Å². The molecular weight excluding hydrogens is 216 g/mol. The van der Waals surface area contributed by atoms with E-state index in [1.54, 1.807) is 13.3 Å². The minimum atomic E-state index is 0.318. The summed E-state index contributed by atoms with van der Waals surface area (Å²) < 4.78 is 11.1.